The van der Waals surface area contributed by atoms with E-state index >= 15 is 0 Å². The molecular weight excluding hydrogens is 220 g/mol. The van der Waals surface area contributed by atoms with E-state index in [0.29, 0.717) is 11.6 Å². The van der Waals surface area contributed by atoms with Crippen molar-refractivity contribution < 1.29 is 0 Å². The number of nitrogens with zero attached hydrogens (tertiary/aromatic N) is 1. The van der Waals surface area contributed by atoms with Crippen LogP contribution in [0.4, 0.5) is 0 Å². The summed E-state index contributed by atoms with van der Waals surface area (Å²) >= 11 is 0. The number of nitrogens with one attached hydrogen (secondary N) is 1. The molecule has 2 nitrogen and oxygen atoms in total. The van der Waals surface area contributed by atoms with Gasteiger partial charge in [-0.05, 0) is 25.2 Å². The fourth-order valence-electron chi connectivity index (χ4n) is 3.82. The molecule has 1 aliphatic heterocycles. The maximum Gasteiger partial charge on any atom is 0.0338 e. The highest BCUT2D eigenvalue weighted by molar-refractivity contribution is 5.02. The Morgan fingerprint density at radius 1 is 1.33 bits per heavy atom. The van der Waals surface area contributed by atoms with Gasteiger partial charge in [-0.15, -0.1) is 6.58 Å². The van der Waals surface area contributed by atoms with Gasteiger partial charge in [-0.3, -0.25) is 4.90 Å². The molecule has 0 aromatic heterocycles. The molecule has 1 atom stereocenters. The first-order valence-electron chi connectivity index (χ1n) is 7.75. The molecule has 18 heavy (non-hydrogen) atoms. The molecule has 0 bridgehead atoms. The average molecular weight is 250 g/mol. The Bertz CT molecular complexity index is 266. The molecule has 0 aromatic carbocycles. The molecule has 0 radical (unpaired) electrons. The predicted octanol–water partition coefficient (Wildman–Crippen LogP) is 3.20. The van der Waals surface area contributed by atoms with E-state index < -0.39 is 0 Å². The fourth-order valence-corrected chi connectivity index (χ4v) is 3.82. The average Bonchev–Trinajstić information content (AvgIpc) is 2.35. The normalized spacial score (nSPS) is 28.7. The van der Waals surface area contributed by atoms with E-state index in [1.54, 1.807) is 0 Å². The van der Waals surface area contributed by atoms with Gasteiger partial charge in [0.15, 0.2) is 0 Å². The summed E-state index contributed by atoms with van der Waals surface area (Å²) in [5, 5.41) is 3.82. The van der Waals surface area contributed by atoms with Gasteiger partial charge in [0.1, 0.15) is 0 Å². The molecule has 1 saturated carbocycles. The predicted molar refractivity (Wildman–Crippen MR) is 78.8 cm³/mol. The number of hydrogen-bond acceptors (Lipinski definition) is 2. The molecule has 1 unspecified atom stereocenters. The first-order valence-corrected chi connectivity index (χ1v) is 7.75. The van der Waals surface area contributed by atoms with Crippen molar-refractivity contribution in [3.05, 3.63) is 12.7 Å². The molecule has 2 rings (SSSR count). The van der Waals surface area contributed by atoms with E-state index in [2.05, 4.69) is 36.7 Å². The van der Waals surface area contributed by atoms with Crippen molar-refractivity contribution in [1.82, 2.24) is 10.2 Å². The topological polar surface area (TPSA) is 15.3 Å². The Morgan fingerprint density at radius 3 is 2.67 bits per heavy atom. The lowest BCUT2D eigenvalue weighted by Gasteiger charge is -2.52. The molecule has 104 valence electrons. The first kappa shape index (κ1) is 14.1. The van der Waals surface area contributed by atoms with Crippen LogP contribution in [-0.4, -0.2) is 36.1 Å². The van der Waals surface area contributed by atoms with E-state index in [0.717, 1.165) is 12.5 Å². The summed E-state index contributed by atoms with van der Waals surface area (Å²) < 4.78 is 0. The Kier molecular flexibility index (Phi) is 4.85. The van der Waals surface area contributed by atoms with E-state index in [1.165, 1.54) is 51.6 Å². The van der Waals surface area contributed by atoms with E-state index in [9.17, 15) is 0 Å². The maximum absolute atomic E-state index is 3.96. The molecule has 0 amide bonds. The molecule has 2 fully saturated rings. The summed E-state index contributed by atoms with van der Waals surface area (Å²) in [5.41, 5.74) is 0.444. The van der Waals surface area contributed by atoms with Gasteiger partial charge in [0.25, 0.3) is 0 Å². The zero-order chi connectivity index (χ0) is 13.0. The van der Waals surface area contributed by atoms with Crippen LogP contribution in [0.5, 0.6) is 0 Å². The summed E-state index contributed by atoms with van der Waals surface area (Å²) in [6.07, 6.45) is 10.4. The Balaban J connectivity index is 2.01. The molecule has 1 aliphatic carbocycles. The number of rotatable bonds is 4. The Morgan fingerprint density at radius 2 is 2.06 bits per heavy atom. The largest absolute Gasteiger partial charge is 0.311 e. The lowest BCUT2D eigenvalue weighted by molar-refractivity contribution is 0.0159. The zero-order valence-corrected chi connectivity index (χ0v) is 12.3. The third kappa shape index (κ3) is 3.16. The van der Waals surface area contributed by atoms with Crippen LogP contribution in [-0.2, 0) is 0 Å². The highest BCUT2D eigenvalue weighted by Gasteiger charge is 2.41. The van der Waals surface area contributed by atoms with Crippen molar-refractivity contribution in [2.45, 2.75) is 64.0 Å². The minimum atomic E-state index is 0.444. The van der Waals surface area contributed by atoms with E-state index in [-0.39, 0.29) is 0 Å². The summed E-state index contributed by atoms with van der Waals surface area (Å²) in [4.78, 5) is 2.72. The second-order valence-corrected chi connectivity index (χ2v) is 6.69. The van der Waals surface area contributed by atoms with Gasteiger partial charge in [0, 0.05) is 31.2 Å². The van der Waals surface area contributed by atoms with Gasteiger partial charge in [-0.1, -0.05) is 39.2 Å². The molecule has 2 heteroatoms. The smallest absolute Gasteiger partial charge is 0.0338 e. The van der Waals surface area contributed by atoms with Crippen molar-refractivity contribution >= 4 is 0 Å². The minimum Gasteiger partial charge on any atom is -0.311 e. The van der Waals surface area contributed by atoms with Gasteiger partial charge >= 0.3 is 0 Å². The first-order chi connectivity index (χ1) is 8.66. The third-order valence-corrected chi connectivity index (χ3v) is 4.72. The molecular formula is C16H30N2. The lowest BCUT2D eigenvalue weighted by Crippen LogP contribution is -2.65. The summed E-state index contributed by atoms with van der Waals surface area (Å²) in [6, 6.07) is 0.678. The molecule has 1 saturated heterocycles. The van der Waals surface area contributed by atoms with Crippen LogP contribution < -0.4 is 5.32 Å². The van der Waals surface area contributed by atoms with Gasteiger partial charge in [0.05, 0.1) is 0 Å². The van der Waals surface area contributed by atoms with Crippen LogP contribution in [0, 0.1) is 5.92 Å². The fraction of sp³-hybridized carbons (Fsp3) is 0.875. The van der Waals surface area contributed by atoms with Gasteiger partial charge < -0.3 is 5.32 Å². The maximum atomic E-state index is 3.96. The minimum absolute atomic E-state index is 0.444. The third-order valence-electron chi connectivity index (χ3n) is 4.72. The van der Waals surface area contributed by atoms with Crippen LogP contribution in [0.1, 0.15) is 52.4 Å². The summed E-state index contributed by atoms with van der Waals surface area (Å²) in [6.45, 7) is 12.1. The quantitative estimate of drug-likeness (QED) is 0.771. The molecule has 0 aromatic rings. The van der Waals surface area contributed by atoms with Gasteiger partial charge in [-0.2, -0.15) is 0 Å². The lowest BCUT2D eigenvalue weighted by atomic mass is 9.78. The summed E-state index contributed by atoms with van der Waals surface area (Å²) in [5.74, 6) is 0.786. The van der Waals surface area contributed by atoms with Crippen molar-refractivity contribution in [3.8, 4) is 0 Å². The second kappa shape index (κ2) is 6.21. The van der Waals surface area contributed by atoms with Gasteiger partial charge in [-0.25, -0.2) is 0 Å². The number of piperazine rings is 1. The Labute approximate surface area is 113 Å². The van der Waals surface area contributed by atoms with Crippen LogP contribution >= 0.6 is 0 Å². The molecule has 1 N–H and O–H groups in total. The Hall–Kier alpha value is -0.340. The van der Waals surface area contributed by atoms with Crippen LogP contribution in [0.25, 0.3) is 0 Å². The van der Waals surface area contributed by atoms with Crippen LogP contribution in [0.15, 0.2) is 12.7 Å². The van der Waals surface area contributed by atoms with Gasteiger partial charge in [0.2, 0.25) is 0 Å². The highest BCUT2D eigenvalue weighted by Crippen LogP contribution is 2.35. The zero-order valence-electron chi connectivity index (χ0n) is 12.3. The molecule has 1 spiro atoms. The monoisotopic (exact) mass is 250 g/mol. The van der Waals surface area contributed by atoms with Crippen LogP contribution in [0.2, 0.25) is 0 Å². The van der Waals surface area contributed by atoms with Crippen molar-refractivity contribution in [1.29, 1.82) is 0 Å². The number of hydrogen-bond donors (Lipinski definition) is 1. The van der Waals surface area contributed by atoms with E-state index in [4.69, 9.17) is 0 Å². The van der Waals surface area contributed by atoms with E-state index in [1.807, 2.05) is 0 Å². The van der Waals surface area contributed by atoms with Crippen molar-refractivity contribution in [3.63, 3.8) is 0 Å². The SMILES string of the molecule is C=CCN1CC(CC(C)C)NCC12CCCCC2. The second-order valence-electron chi connectivity index (χ2n) is 6.69. The molecule has 2 aliphatic rings. The summed E-state index contributed by atoms with van der Waals surface area (Å²) in [7, 11) is 0. The van der Waals surface area contributed by atoms with Crippen LogP contribution in [0.3, 0.4) is 0 Å². The molecule has 1 heterocycles. The highest BCUT2D eigenvalue weighted by atomic mass is 15.3. The van der Waals surface area contributed by atoms with Crippen molar-refractivity contribution in [2.24, 2.45) is 5.92 Å². The standard InChI is InChI=1S/C16H30N2/c1-4-10-18-12-15(11-14(2)3)17-13-16(18)8-6-5-7-9-16/h4,14-15,17H,1,5-13H2,2-3H3. The van der Waals surface area contributed by atoms with Crippen molar-refractivity contribution in [2.75, 3.05) is 19.6 Å².